The van der Waals surface area contributed by atoms with Crippen LogP contribution in [0.15, 0.2) is 54.6 Å². The van der Waals surface area contributed by atoms with Crippen LogP contribution in [0.2, 0.25) is 5.02 Å². The van der Waals surface area contributed by atoms with Gasteiger partial charge >= 0.3 is 0 Å². The van der Waals surface area contributed by atoms with Crippen LogP contribution < -0.4 is 15.8 Å². The minimum absolute atomic E-state index is 0.178. The SMILES string of the molecule is NC(CCNc1ccccc1Cl)C(O)COc1ccccc1. The Hall–Kier alpha value is -1.75. The van der Waals surface area contributed by atoms with E-state index in [0.717, 1.165) is 11.4 Å². The van der Waals surface area contributed by atoms with Crippen LogP contribution in [0.25, 0.3) is 0 Å². The number of nitrogens with two attached hydrogens (primary N) is 1. The van der Waals surface area contributed by atoms with Crippen molar-refractivity contribution in [3.05, 3.63) is 59.6 Å². The highest BCUT2D eigenvalue weighted by Gasteiger charge is 2.15. The lowest BCUT2D eigenvalue weighted by molar-refractivity contribution is 0.0836. The lowest BCUT2D eigenvalue weighted by atomic mass is 10.1. The van der Waals surface area contributed by atoms with Gasteiger partial charge in [-0.15, -0.1) is 0 Å². The first-order valence-electron chi connectivity index (χ1n) is 7.26. The van der Waals surface area contributed by atoms with E-state index in [-0.39, 0.29) is 12.6 Å². The van der Waals surface area contributed by atoms with E-state index in [4.69, 9.17) is 22.1 Å². The van der Waals surface area contributed by atoms with E-state index in [2.05, 4.69) is 5.32 Å². The number of rotatable bonds is 8. The second-order valence-corrected chi connectivity index (χ2v) is 5.46. The first-order valence-corrected chi connectivity index (χ1v) is 7.64. The minimum atomic E-state index is -0.715. The predicted molar refractivity (Wildman–Crippen MR) is 90.5 cm³/mol. The highest BCUT2D eigenvalue weighted by atomic mass is 35.5. The maximum absolute atomic E-state index is 10.0. The summed E-state index contributed by atoms with van der Waals surface area (Å²) in [7, 11) is 0. The second kappa shape index (κ2) is 8.63. The summed E-state index contributed by atoms with van der Waals surface area (Å²) in [4.78, 5) is 0. The van der Waals surface area contributed by atoms with Gasteiger partial charge in [0.15, 0.2) is 0 Å². The van der Waals surface area contributed by atoms with Gasteiger partial charge < -0.3 is 20.9 Å². The summed E-state index contributed by atoms with van der Waals surface area (Å²) in [6.45, 7) is 0.810. The van der Waals surface area contributed by atoms with Gasteiger partial charge in [0.25, 0.3) is 0 Å². The van der Waals surface area contributed by atoms with Gasteiger partial charge in [-0.2, -0.15) is 0 Å². The highest BCUT2D eigenvalue weighted by molar-refractivity contribution is 6.33. The zero-order valence-electron chi connectivity index (χ0n) is 12.3. The van der Waals surface area contributed by atoms with Gasteiger partial charge in [-0.3, -0.25) is 0 Å². The number of nitrogens with one attached hydrogen (secondary N) is 1. The van der Waals surface area contributed by atoms with Crippen molar-refractivity contribution in [1.29, 1.82) is 0 Å². The topological polar surface area (TPSA) is 67.5 Å². The van der Waals surface area contributed by atoms with Crippen molar-refractivity contribution in [2.45, 2.75) is 18.6 Å². The van der Waals surface area contributed by atoms with Crippen molar-refractivity contribution in [2.24, 2.45) is 5.73 Å². The quantitative estimate of drug-likeness (QED) is 0.699. The maximum atomic E-state index is 10.0. The molecule has 2 atom stereocenters. The molecular formula is C17H21ClN2O2. The molecule has 0 aliphatic carbocycles. The Kier molecular flexibility index (Phi) is 6.52. The summed E-state index contributed by atoms with van der Waals surface area (Å²) in [6.07, 6.45) is -0.0990. The largest absolute Gasteiger partial charge is 0.491 e. The molecule has 0 aliphatic rings. The number of hydrogen-bond donors (Lipinski definition) is 3. The van der Waals surface area contributed by atoms with E-state index in [9.17, 15) is 5.11 Å². The van der Waals surface area contributed by atoms with Crippen molar-refractivity contribution in [1.82, 2.24) is 0 Å². The molecule has 4 N–H and O–H groups in total. The Morgan fingerprint density at radius 1 is 1.09 bits per heavy atom. The van der Waals surface area contributed by atoms with Crippen LogP contribution in [0, 0.1) is 0 Å². The number of benzene rings is 2. The average Bonchev–Trinajstić information content (AvgIpc) is 2.55. The predicted octanol–water partition coefficient (Wildman–Crippen LogP) is 2.91. The molecule has 22 heavy (non-hydrogen) atoms. The Bertz CT molecular complexity index is 566. The minimum Gasteiger partial charge on any atom is -0.491 e. The summed E-state index contributed by atoms with van der Waals surface area (Å²) in [5.41, 5.74) is 6.85. The number of aliphatic hydroxyl groups excluding tert-OH is 1. The fraction of sp³-hybridized carbons (Fsp3) is 0.294. The van der Waals surface area contributed by atoms with Crippen molar-refractivity contribution in [3.8, 4) is 5.75 Å². The van der Waals surface area contributed by atoms with Crippen LogP contribution in [0.5, 0.6) is 5.75 Å². The van der Waals surface area contributed by atoms with E-state index in [1.807, 2.05) is 54.6 Å². The van der Waals surface area contributed by atoms with E-state index >= 15 is 0 Å². The third-order valence-corrected chi connectivity index (χ3v) is 3.65. The lowest BCUT2D eigenvalue weighted by Crippen LogP contribution is -2.40. The van der Waals surface area contributed by atoms with E-state index in [1.54, 1.807) is 0 Å². The van der Waals surface area contributed by atoms with Crippen LogP contribution in [-0.2, 0) is 0 Å². The van der Waals surface area contributed by atoms with Gasteiger partial charge in [-0.25, -0.2) is 0 Å². The monoisotopic (exact) mass is 320 g/mol. The molecule has 0 saturated heterocycles. The number of anilines is 1. The van der Waals surface area contributed by atoms with Gasteiger partial charge in [0, 0.05) is 12.6 Å². The smallest absolute Gasteiger partial charge is 0.119 e. The summed E-state index contributed by atoms with van der Waals surface area (Å²) >= 11 is 6.06. The third-order valence-electron chi connectivity index (χ3n) is 3.33. The summed E-state index contributed by atoms with van der Waals surface area (Å²) in [6, 6.07) is 16.5. The molecule has 5 heteroatoms. The summed E-state index contributed by atoms with van der Waals surface area (Å²) in [5.74, 6) is 0.725. The molecule has 0 fully saturated rings. The van der Waals surface area contributed by atoms with Crippen LogP contribution in [0.4, 0.5) is 5.69 Å². The van der Waals surface area contributed by atoms with Gasteiger partial charge in [0.2, 0.25) is 0 Å². The fourth-order valence-corrected chi connectivity index (χ4v) is 2.19. The molecule has 2 unspecified atom stereocenters. The van der Waals surface area contributed by atoms with E-state index in [0.29, 0.717) is 18.0 Å². The fourth-order valence-electron chi connectivity index (χ4n) is 1.99. The average molecular weight is 321 g/mol. The maximum Gasteiger partial charge on any atom is 0.119 e. The molecule has 4 nitrogen and oxygen atoms in total. The van der Waals surface area contributed by atoms with Gasteiger partial charge in [0.05, 0.1) is 10.7 Å². The molecule has 0 radical (unpaired) electrons. The number of hydrogen-bond acceptors (Lipinski definition) is 4. The first-order chi connectivity index (χ1) is 10.7. The Balaban J connectivity index is 1.70. The Morgan fingerprint density at radius 3 is 2.50 bits per heavy atom. The summed E-state index contributed by atoms with van der Waals surface area (Å²) in [5, 5.41) is 13.9. The normalized spacial score (nSPS) is 13.4. The molecule has 2 aromatic rings. The molecule has 0 spiro atoms. The number of para-hydroxylation sites is 2. The molecular weight excluding hydrogens is 300 g/mol. The molecule has 0 heterocycles. The zero-order chi connectivity index (χ0) is 15.8. The second-order valence-electron chi connectivity index (χ2n) is 5.05. The number of halogens is 1. The van der Waals surface area contributed by atoms with Gasteiger partial charge in [0.1, 0.15) is 18.5 Å². The van der Waals surface area contributed by atoms with Crippen LogP contribution in [-0.4, -0.2) is 30.4 Å². The molecule has 0 bridgehead atoms. The first kappa shape index (κ1) is 16.6. The molecule has 0 amide bonds. The van der Waals surface area contributed by atoms with Crippen molar-refractivity contribution in [3.63, 3.8) is 0 Å². The third kappa shape index (κ3) is 5.22. The molecule has 0 aliphatic heterocycles. The standard InChI is InChI=1S/C17H21ClN2O2/c18-14-8-4-5-9-16(14)20-11-10-15(19)17(21)12-22-13-6-2-1-3-7-13/h1-9,15,17,20-21H,10-12,19H2. The molecule has 0 saturated carbocycles. The lowest BCUT2D eigenvalue weighted by Gasteiger charge is -2.20. The van der Waals surface area contributed by atoms with Crippen LogP contribution in [0.1, 0.15) is 6.42 Å². The van der Waals surface area contributed by atoms with Crippen LogP contribution in [0.3, 0.4) is 0 Å². The van der Waals surface area contributed by atoms with Crippen molar-refractivity contribution >= 4 is 17.3 Å². The number of ether oxygens (including phenoxy) is 1. The van der Waals surface area contributed by atoms with E-state index < -0.39 is 6.10 Å². The van der Waals surface area contributed by atoms with E-state index in [1.165, 1.54) is 0 Å². The molecule has 2 rings (SSSR count). The zero-order valence-corrected chi connectivity index (χ0v) is 13.0. The van der Waals surface area contributed by atoms with Gasteiger partial charge in [-0.05, 0) is 30.7 Å². The molecule has 2 aromatic carbocycles. The van der Waals surface area contributed by atoms with Crippen LogP contribution >= 0.6 is 11.6 Å². The Morgan fingerprint density at radius 2 is 1.77 bits per heavy atom. The highest BCUT2D eigenvalue weighted by Crippen LogP contribution is 2.20. The number of aliphatic hydroxyl groups is 1. The summed E-state index contributed by atoms with van der Waals surface area (Å²) < 4.78 is 5.50. The van der Waals surface area contributed by atoms with Crippen molar-refractivity contribution < 1.29 is 9.84 Å². The molecule has 118 valence electrons. The Labute approximate surface area is 135 Å². The van der Waals surface area contributed by atoms with Gasteiger partial charge in [-0.1, -0.05) is 41.9 Å². The molecule has 0 aromatic heterocycles. The van der Waals surface area contributed by atoms with Crippen molar-refractivity contribution in [2.75, 3.05) is 18.5 Å².